The molecule has 0 radical (unpaired) electrons. The van der Waals surface area contributed by atoms with Crippen molar-refractivity contribution in [1.29, 1.82) is 0 Å². The van der Waals surface area contributed by atoms with E-state index >= 15 is 0 Å². The Hall–Kier alpha value is -2.26. The van der Waals surface area contributed by atoms with Gasteiger partial charge in [-0.3, -0.25) is 14.8 Å². The number of ether oxygens (including phenoxy) is 1. The summed E-state index contributed by atoms with van der Waals surface area (Å²) in [7, 11) is 1.65. The summed E-state index contributed by atoms with van der Waals surface area (Å²) in [6.45, 7) is 7.95. The van der Waals surface area contributed by atoms with Crippen LogP contribution in [0.3, 0.4) is 0 Å². The molecule has 1 aromatic carbocycles. The lowest BCUT2D eigenvalue weighted by Crippen LogP contribution is -2.32. The summed E-state index contributed by atoms with van der Waals surface area (Å²) >= 11 is 12.0. The second kappa shape index (κ2) is 15.0. The number of hydrogen-bond acceptors (Lipinski definition) is 5. The Labute approximate surface area is 217 Å². The molecule has 0 bridgehead atoms. The summed E-state index contributed by atoms with van der Waals surface area (Å²) < 4.78 is 7.40. The van der Waals surface area contributed by atoms with Gasteiger partial charge >= 0.3 is 0 Å². The second-order valence-electron chi connectivity index (χ2n) is 8.47. The van der Waals surface area contributed by atoms with Gasteiger partial charge in [0, 0.05) is 19.8 Å². The van der Waals surface area contributed by atoms with Crippen molar-refractivity contribution in [3.8, 4) is 5.75 Å². The van der Waals surface area contributed by atoms with Crippen LogP contribution in [0.25, 0.3) is 0 Å². The first-order valence-corrected chi connectivity index (χ1v) is 12.8. The summed E-state index contributed by atoms with van der Waals surface area (Å²) in [6, 6.07) is 5.04. The van der Waals surface area contributed by atoms with Crippen molar-refractivity contribution in [2.24, 2.45) is 7.05 Å². The van der Waals surface area contributed by atoms with E-state index in [2.05, 4.69) is 24.1 Å². The number of benzene rings is 1. The molecule has 0 saturated heterocycles. The number of carbonyl (C=O) groups excluding carboxylic acids is 2. The topological polar surface area (TPSA) is 95.8 Å². The normalized spacial score (nSPS) is 11.1. The number of hydroxylamine groups is 1. The molecule has 35 heavy (non-hydrogen) atoms. The Morgan fingerprint density at radius 3 is 2.29 bits per heavy atom. The molecule has 0 spiro atoms. The van der Waals surface area contributed by atoms with Crippen LogP contribution in [0.15, 0.2) is 24.4 Å². The molecule has 3 N–H and O–H groups in total. The van der Waals surface area contributed by atoms with Crippen LogP contribution in [-0.2, 0) is 13.7 Å². The van der Waals surface area contributed by atoms with Gasteiger partial charge in [-0.1, -0.05) is 56.0 Å². The SMILES string of the molecule is CCCCN(CCCC)CCCNC(=O)c1c(OCc2ccc(Cl)c(Cl)c2)c(C(=O)NO)cn1C. The van der Waals surface area contributed by atoms with Gasteiger partial charge in [0.15, 0.2) is 5.75 Å². The van der Waals surface area contributed by atoms with Crippen molar-refractivity contribution in [2.75, 3.05) is 26.2 Å². The van der Waals surface area contributed by atoms with Crippen molar-refractivity contribution in [3.05, 3.63) is 51.3 Å². The van der Waals surface area contributed by atoms with Gasteiger partial charge in [-0.2, -0.15) is 0 Å². The Morgan fingerprint density at radius 1 is 1.03 bits per heavy atom. The number of carbonyl (C=O) groups is 2. The van der Waals surface area contributed by atoms with Gasteiger partial charge in [0.1, 0.15) is 17.9 Å². The van der Waals surface area contributed by atoms with Crippen molar-refractivity contribution in [2.45, 2.75) is 52.6 Å². The molecule has 194 valence electrons. The number of nitrogens with zero attached hydrogens (tertiary/aromatic N) is 2. The summed E-state index contributed by atoms with van der Waals surface area (Å²) in [4.78, 5) is 27.7. The number of nitrogens with one attached hydrogen (secondary N) is 2. The lowest BCUT2D eigenvalue weighted by molar-refractivity contribution is 0.0702. The molecule has 0 fully saturated rings. The predicted molar refractivity (Wildman–Crippen MR) is 139 cm³/mol. The standard InChI is InChI=1S/C25H36Cl2N4O4/c1-4-6-12-31(13-7-5-2)14-8-11-28-25(33)22-23(19(16-30(22)3)24(32)29-34)35-17-18-9-10-20(26)21(27)15-18/h9-10,15-16,34H,4-8,11-14,17H2,1-3H3,(H,28,33)(H,29,32). The number of unbranched alkanes of at least 4 members (excludes halogenated alkanes) is 2. The van der Waals surface area contributed by atoms with Gasteiger partial charge in [-0.25, -0.2) is 5.48 Å². The van der Waals surface area contributed by atoms with Crippen molar-refractivity contribution in [3.63, 3.8) is 0 Å². The van der Waals surface area contributed by atoms with Gasteiger partial charge in [0.25, 0.3) is 11.8 Å². The molecular weight excluding hydrogens is 491 g/mol. The molecule has 2 amide bonds. The van der Waals surface area contributed by atoms with Gasteiger partial charge in [-0.15, -0.1) is 0 Å². The minimum atomic E-state index is -0.772. The third kappa shape index (κ3) is 8.72. The maximum absolute atomic E-state index is 13.1. The van der Waals surface area contributed by atoms with Crippen LogP contribution in [-0.4, -0.2) is 52.7 Å². The molecule has 0 aliphatic carbocycles. The summed E-state index contributed by atoms with van der Waals surface area (Å²) in [5.74, 6) is -1.05. The second-order valence-corrected chi connectivity index (χ2v) is 9.28. The predicted octanol–water partition coefficient (Wildman–Crippen LogP) is 5.05. The smallest absolute Gasteiger partial charge is 0.279 e. The molecular formula is C25H36Cl2N4O4. The molecule has 1 aromatic heterocycles. The first-order valence-electron chi connectivity index (χ1n) is 12.0. The van der Waals surface area contributed by atoms with Crippen molar-refractivity contribution >= 4 is 35.0 Å². The number of hydrogen-bond donors (Lipinski definition) is 3. The minimum Gasteiger partial charge on any atom is -0.486 e. The third-order valence-electron chi connectivity index (χ3n) is 5.66. The summed E-state index contributed by atoms with van der Waals surface area (Å²) in [5.41, 5.74) is 2.56. The van der Waals surface area contributed by atoms with Gasteiger partial charge in [0.2, 0.25) is 0 Å². The van der Waals surface area contributed by atoms with Crippen LogP contribution in [0.5, 0.6) is 5.75 Å². The minimum absolute atomic E-state index is 0.0468. The van der Waals surface area contributed by atoms with Crippen LogP contribution in [0, 0.1) is 0 Å². The quantitative estimate of drug-likeness (QED) is 0.171. The van der Waals surface area contributed by atoms with Crippen LogP contribution in [0.4, 0.5) is 0 Å². The lowest BCUT2D eigenvalue weighted by Gasteiger charge is -2.22. The van der Waals surface area contributed by atoms with E-state index in [1.54, 1.807) is 30.7 Å². The van der Waals surface area contributed by atoms with Crippen LogP contribution >= 0.6 is 23.2 Å². The molecule has 0 aliphatic rings. The van der Waals surface area contributed by atoms with E-state index in [1.807, 2.05) is 0 Å². The van der Waals surface area contributed by atoms with E-state index in [9.17, 15) is 9.59 Å². The average Bonchev–Trinajstić information content (AvgIpc) is 3.18. The Morgan fingerprint density at radius 2 is 1.69 bits per heavy atom. The third-order valence-corrected chi connectivity index (χ3v) is 6.40. The highest BCUT2D eigenvalue weighted by Crippen LogP contribution is 2.28. The fourth-order valence-electron chi connectivity index (χ4n) is 3.71. The molecule has 8 nitrogen and oxygen atoms in total. The number of rotatable bonds is 15. The van der Waals surface area contributed by atoms with E-state index in [0.29, 0.717) is 22.2 Å². The lowest BCUT2D eigenvalue weighted by atomic mass is 10.2. The molecule has 0 atom stereocenters. The maximum Gasteiger partial charge on any atom is 0.279 e. The summed E-state index contributed by atoms with van der Waals surface area (Å²) in [6.07, 6.45) is 6.89. The highest BCUT2D eigenvalue weighted by atomic mass is 35.5. The van der Waals surface area contributed by atoms with Crippen LogP contribution < -0.4 is 15.5 Å². The highest BCUT2D eigenvalue weighted by molar-refractivity contribution is 6.42. The van der Waals surface area contributed by atoms with Crippen LogP contribution in [0.1, 0.15) is 72.4 Å². The number of amides is 2. The molecule has 2 rings (SSSR count). The highest BCUT2D eigenvalue weighted by Gasteiger charge is 2.26. The average molecular weight is 527 g/mol. The van der Waals surface area contributed by atoms with E-state index in [4.69, 9.17) is 33.1 Å². The van der Waals surface area contributed by atoms with E-state index in [0.717, 1.165) is 51.7 Å². The number of aromatic nitrogens is 1. The van der Waals surface area contributed by atoms with E-state index in [1.165, 1.54) is 10.8 Å². The summed E-state index contributed by atoms with van der Waals surface area (Å²) in [5, 5.41) is 12.9. The van der Waals surface area contributed by atoms with E-state index in [-0.39, 0.29) is 29.5 Å². The maximum atomic E-state index is 13.1. The monoisotopic (exact) mass is 526 g/mol. The molecule has 0 aliphatic heterocycles. The van der Waals surface area contributed by atoms with Gasteiger partial charge < -0.3 is 19.5 Å². The number of aryl methyl sites for hydroxylation is 1. The first kappa shape index (κ1) is 29.0. The molecule has 0 saturated carbocycles. The van der Waals surface area contributed by atoms with Gasteiger partial charge in [0.05, 0.1) is 10.0 Å². The largest absolute Gasteiger partial charge is 0.486 e. The fraction of sp³-hybridized carbons (Fsp3) is 0.520. The van der Waals surface area contributed by atoms with Crippen molar-refractivity contribution < 1.29 is 19.5 Å². The zero-order valence-electron chi connectivity index (χ0n) is 20.7. The molecule has 2 aromatic rings. The van der Waals surface area contributed by atoms with Crippen molar-refractivity contribution in [1.82, 2.24) is 20.3 Å². The fourth-order valence-corrected chi connectivity index (χ4v) is 4.03. The van der Waals surface area contributed by atoms with Crippen LogP contribution in [0.2, 0.25) is 10.0 Å². The Bertz CT molecular complexity index is 973. The molecule has 10 heteroatoms. The Kier molecular flexibility index (Phi) is 12.4. The zero-order chi connectivity index (χ0) is 25.8. The Balaban J connectivity index is 2.08. The van der Waals surface area contributed by atoms with E-state index < -0.39 is 5.91 Å². The number of halogens is 2. The molecule has 1 heterocycles. The molecule has 0 unspecified atom stereocenters. The van der Waals surface area contributed by atoms with Gasteiger partial charge in [-0.05, 0) is 56.6 Å². The first-order chi connectivity index (χ1) is 16.8. The zero-order valence-corrected chi connectivity index (χ0v) is 22.2.